The number of benzene rings is 2. The molecule has 2 aromatic rings. The second-order valence-corrected chi connectivity index (χ2v) is 16.5. The molecule has 0 bridgehead atoms. The molecular weight excluding hydrogens is 811 g/mol. The highest BCUT2D eigenvalue weighted by molar-refractivity contribution is 5.95. The van der Waals surface area contributed by atoms with Gasteiger partial charge in [0.15, 0.2) is 0 Å². The third-order valence-corrected chi connectivity index (χ3v) is 10.4. The number of rotatable bonds is 32. The van der Waals surface area contributed by atoms with Gasteiger partial charge in [-0.1, -0.05) is 126 Å². The Bertz CT molecular complexity index is 1760. The number of carbonyl (C=O) groups excluding carboxylic acids is 7. The first-order chi connectivity index (χ1) is 30.0. The lowest BCUT2D eigenvalue weighted by atomic mass is 10.0. The molecule has 11 N–H and O–H groups in total. The number of aliphatic hydroxyl groups excluding tert-OH is 1. The van der Waals surface area contributed by atoms with E-state index in [4.69, 9.17) is 11.5 Å². The minimum atomic E-state index is -1.29. The Labute approximate surface area is 370 Å². The van der Waals surface area contributed by atoms with Gasteiger partial charge in [0.25, 0.3) is 0 Å². The first kappa shape index (κ1) is 53.3. The summed E-state index contributed by atoms with van der Waals surface area (Å²) in [5.74, 6) is -5.75. The van der Waals surface area contributed by atoms with Crippen LogP contribution in [0.25, 0.3) is 0 Å². The third kappa shape index (κ3) is 22.7. The number of carbonyl (C=O) groups is 8. The summed E-state index contributed by atoms with van der Waals surface area (Å²) in [5, 5.41) is 32.8. The van der Waals surface area contributed by atoms with E-state index < -0.39 is 90.1 Å². The highest BCUT2D eigenvalue weighted by atomic mass is 16.4. The maximum absolute atomic E-state index is 13.3. The van der Waals surface area contributed by atoms with Gasteiger partial charge < -0.3 is 48.3 Å². The zero-order valence-corrected chi connectivity index (χ0v) is 36.9. The molecule has 0 saturated heterocycles. The van der Waals surface area contributed by atoms with Crippen molar-refractivity contribution in [2.45, 2.75) is 160 Å². The van der Waals surface area contributed by atoms with Crippen molar-refractivity contribution in [1.82, 2.24) is 26.6 Å². The van der Waals surface area contributed by atoms with Crippen LogP contribution in [0.1, 0.15) is 122 Å². The van der Waals surface area contributed by atoms with Crippen LogP contribution in [0.4, 0.5) is 0 Å². The van der Waals surface area contributed by atoms with Gasteiger partial charge in [0, 0.05) is 25.7 Å². The van der Waals surface area contributed by atoms with Gasteiger partial charge in [0.1, 0.15) is 30.2 Å². The molecule has 0 spiro atoms. The van der Waals surface area contributed by atoms with E-state index in [2.05, 4.69) is 26.6 Å². The molecule has 0 fully saturated rings. The van der Waals surface area contributed by atoms with Crippen molar-refractivity contribution in [3.8, 4) is 0 Å². The summed E-state index contributed by atoms with van der Waals surface area (Å²) in [6.45, 7) is 5.13. The molecule has 63 heavy (non-hydrogen) atoms. The van der Waals surface area contributed by atoms with Gasteiger partial charge in [-0.15, -0.1) is 0 Å². The van der Waals surface area contributed by atoms with E-state index in [1.807, 2.05) is 44.2 Å². The lowest BCUT2D eigenvalue weighted by molar-refractivity contribution is -0.142. The molecule has 0 aliphatic rings. The van der Waals surface area contributed by atoms with E-state index in [-0.39, 0.29) is 38.0 Å². The largest absolute Gasteiger partial charge is 0.480 e. The molecule has 0 saturated carbocycles. The van der Waals surface area contributed by atoms with Crippen LogP contribution < -0.4 is 38.1 Å². The first-order valence-electron chi connectivity index (χ1n) is 22.0. The summed E-state index contributed by atoms with van der Waals surface area (Å²) in [7, 11) is 0. The van der Waals surface area contributed by atoms with Gasteiger partial charge in [-0.3, -0.25) is 33.6 Å². The quantitative estimate of drug-likeness (QED) is 0.0484. The zero-order valence-electron chi connectivity index (χ0n) is 36.9. The highest BCUT2D eigenvalue weighted by Gasteiger charge is 2.32. The second kappa shape index (κ2) is 29.5. The van der Waals surface area contributed by atoms with Crippen LogP contribution in [-0.4, -0.2) is 93.8 Å². The van der Waals surface area contributed by atoms with Crippen molar-refractivity contribution < 1.29 is 48.6 Å². The van der Waals surface area contributed by atoms with Gasteiger partial charge in [0.2, 0.25) is 41.4 Å². The number of hydrogen-bond acceptors (Lipinski definition) is 9. The molecular formula is C46H69N7O10. The molecule has 0 radical (unpaired) electrons. The lowest BCUT2D eigenvalue weighted by Gasteiger charge is -2.26. The van der Waals surface area contributed by atoms with E-state index in [0.717, 1.165) is 56.9 Å². The molecule has 348 valence electrons. The number of unbranched alkanes of at least 4 members (excludes halogenated alkanes) is 9. The maximum atomic E-state index is 13.3. The summed E-state index contributed by atoms with van der Waals surface area (Å²) < 4.78 is 0. The van der Waals surface area contributed by atoms with Crippen molar-refractivity contribution in [3.63, 3.8) is 0 Å². The molecule has 6 atom stereocenters. The van der Waals surface area contributed by atoms with Gasteiger partial charge in [0.05, 0.1) is 12.5 Å². The zero-order chi connectivity index (χ0) is 46.7. The van der Waals surface area contributed by atoms with E-state index in [1.165, 1.54) is 6.92 Å². The standard InChI is InChI=1S/C46H69N7O10/c1-30(2)26-35(43(59)50-34(42(48)58)27-32-20-14-12-15-21-32)51-45(61)41(31(3)54)53-40(57)25-19-11-9-7-5-4-6-8-10-18-24-39(56)49-36(29-38(47)55)44(60)52-37(46(62)63)28-33-22-16-13-17-23-33/h12-17,20-23,30-31,34-37,41,54H,4-11,18-19,24-29H2,1-3H3,(H2,47,55)(H2,48,58)(H,49,56)(H,50,59)(H,51,61)(H,52,60)(H,53,57)(H,62,63)/t31?,34-,35-,36-,37-,41-/m0/s1. The summed E-state index contributed by atoms with van der Waals surface area (Å²) >= 11 is 0. The van der Waals surface area contributed by atoms with E-state index >= 15 is 0 Å². The van der Waals surface area contributed by atoms with Crippen molar-refractivity contribution in [2.75, 3.05) is 0 Å². The molecule has 1 unspecified atom stereocenters. The molecule has 0 aromatic heterocycles. The van der Waals surface area contributed by atoms with Crippen LogP contribution in [0, 0.1) is 5.92 Å². The van der Waals surface area contributed by atoms with Crippen LogP contribution in [0.15, 0.2) is 60.7 Å². The Balaban J connectivity index is 1.66. The number of primary amides is 2. The van der Waals surface area contributed by atoms with Crippen molar-refractivity contribution in [3.05, 3.63) is 71.8 Å². The summed E-state index contributed by atoms with van der Waals surface area (Å²) in [5.41, 5.74) is 12.4. The van der Waals surface area contributed by atoms with E-state index in [1.54, 1.807) is 30.3 Å². The number of carboxylic acids is 1. The third-order valence-electron chi connectivity index (χ3n) is 10.4. The maximum Gasteiger partial charge on any atom is 0.326 e. The molecule has 2 rings (SSSR count). The van der Waals surface area contributed by atoms with Crippen LogP contribution in [-0.2, 0) is 51.2 Å². The smallest absolute Gasteiger partial charge is 0.326 e. The topological polar surface area (TPSA) is 289 Å². The fourth-order valence-corrected chi connectivity index (χ4v) is 6.94. The SMILES string of the molecule is CC(C)C[C@H](NC(=O)[C@@H](NC(=O)CCCCCCCCCCCCC(=O)N[C@@H](CC(N)=O)C(=O)N[C@@H](Cc1ccccc1)C(=O)O)C(C)O)C(=O)N[C@@H](Cc1ccccc1)C(N)=O. The minimum absolute atomic E-state index is 0.0118. The van der Waals surface area contributed by atoms with E-state index in [0.29, 0.717) is 18.4 Å². The van der Waals surface area contributed by atoms with Gasteiger partial charge >= 0.3 is 5.97 Å². The molecule has 0 aliphatic carbocycles. The number of carboxylic acid groups (broad SMARTS) is 1. The molecule has 2 aromatic carbocycles. The summed E-state index contributed by atoms with van der Waals surface area (Å²) in [6.07, 6.45) is 7.53. The Morgan fingerprint density at radius 1 is 0.524 bits per heavy atom. The number of aliphatic hydroxyl groups is 1. The van der Waals surface area contributed by atoms with E-state index in [9.17, 15) is 48.6 Å². The Kier molecular flexibility index (Phi) is 24.9. The average molecular weight is 880 g/mol. The fourth-order valence-electron chi connectivity index (χ4n) is 6.94. The Hall–Kier alpha value is -5.84. The van der Waals surface area contributed by atoms with Gasteiger partial charge in [-0.25, -0.2) is 4.79 Å². The highest BCUT2D eigenvalue weighted by Crippen LogP contribution is 2.14. The average Bonchev–Trinajstić information content (AvgIpc) is 3.22. The Morgan fingerprint density at radius 2 is 0.937 bits per heavy atom. The van der Waals surface area contributed by atoms with Crippen molar-refractivity contribution in [2.24, 2.45) is 17.4 Å². The number of nitrogens with two attached hydrogens (primary N) is 2. The molecule has 7 amide bonds. The predicted molar refractivity (Wildman–Crippen MR) is 237 cm³/mol. The predicted octanol–water partition coefficient (Wildman–Crippen LogP) is 2.45. The van der Waals surface area contributed by atoms with Gasteiger partial charge in [-0.05, 0) is 43.2 Å². The van der Waals surface area contributed by atoms with Crippen LogP contribution >= 0.6 is 0 Å². The number of nitrogens with one attached hydrogen (secondary N) is 5. The molecule has 17 heteroatoms. The van der Waals surface area contributed by atoms with Crippen LogP contribution in [0.3, 0.4) is 0 Å². The number of aliphatic carboxylic acids is 1. The minimum Gasteiger partial charge on any atom is -0.480 e. The monoisotopic (exact) mass is 880 g/mol. The normalized spacial score (nSPS) is 13.9. The lowest BCUT2D eigenvalue weighted by Crippen LogP contribution is -2.59. The van der Waals surface area contributed by atoms with Crippen LogP contribution in [0.2, 0.25) is 0 Å². The van der Waals surface area contributed by atoms with Crippen LogP contribution in [0.5, 0.6) is 0 Å². The summed E-state index contributed by atoms with van der Waals surface area (Å²) in [4.78, 5) is 100. The molecule has 0 heterocycles. The van der Waals surface area contributed by atoms with Gasteiger partial charge in [-0.2, -0.15) is 0 Å². The molecule has 0 aliphatic heterocycles. The first-order valence-corrected chi connectivity index (χ1v) is 22.0. The Morgan fingerprint density at radius 3 is 1.37 bits per heavy atom. The fraction of sp³-hybridized carbons (Fsp3) is 0.565. The molecule has 17 nitrogen and oxygen atoms in total. The second-order valence-electron chi connectivity index (χ2n) is 16.5. The summed E-state index contributed by atoms with van der Waals surface area (Å²) in [6, 6.07) is 11.9. The number of amides is 7. The number of hydrogen-bond donors (Lipinski definition) is 9. The van der Waals surface area contributed by atoms with Crippen molar-refractivity contribution >= 4 is 47.3 Å². The van der Waals surface area contributed by atoms with Crippen molar-refractivity contribution in [1.29, 1.82) is 0 Å².